The van der Waals surface area contributed by atoms with Crippen molar-refractivity contribution in [2.24, 2.45) is 10.9 Å². The van der Waals surface area contributed by atoms with Crippen LogP contribution in [0.25, 0.3) is 0 Å². The summed E-state index contributed by atoms with van der Waals surface area (Å²) in [5.74, 6) is -0.0116. The van der Waals surface area contributed by atoms with Crippen LogP contribution < -0.4 is 10.6 Å². The van der Waals surface area contributed by atoms with Crippen LogP contribution in [0, 0.1) is 0 Å². The Morgan fingerprint density at radius 1 is 1.50 bits per heavy atom. The number of oxime groups is 1. The van der Waals surface area contributed by atoms with Gasteiger partial charge in [-0.05, 0) is 26.0 Å². The third kappa shape index (κ3) is 3.38. The summed E-state index contributed by atoms with van der Waals surface area (Å²) in [4.78, 5) is 13.1. The van der Waals surface area contributed by atoms with E-state index < -0.39 is 6.09 Å². The molecule has 1 aromatic rings. The number of benzene rings is 1. The predicted molar refractivity (Wildman–Crippen MR) is 69.0 cm³/mol. The highest BCUT2D eigenvalue weighted by Crippen LogP contribution is 2.16. The minimum absolute atomic E-state index is 0.0116. The summed E-state index contributed by atoms with van der Waals surface area (Å²) in [6, 6.07) is 6.76. The zero-order valence-electron chi connectivity index (χ0n) is 10.6. The lowest BCUT2D eigenvalue weighted by molar-refractivity contribution is 0.124. The van der Waals surface area contributed by atoms with Crippen LogP contribution in [0.3, 0.4) is 0 Å². The van der Waals surface area contributed by atoms with Gasteiger partial charge in [-0.25, -0.2) is 4.79 Å². The van der Waals surface area contributed by atoms with Crippen molar-refractivity contribution in [3.8, 4) is 0 Å². The fraction of sp³-hybridized carbons (Fsp3) is 0.333. The van der Waals surface area contributed by atoms with Crippen LogP contribution in [0.2, 0.25) is 0 Å². The Labute approximate surface area is 106 Å². The summed E-state index contributed by atoms with van der Waals surface area (Å²) in [6.07, 6.45) is -0.645. The van der Waals surface area contributed by atoms with Crippen molar-refractivity contribution in [3.05, 3.63) is 29.8 Å². The number of anilines is 1. The maximum atomic E-state index is 11.7. The standard InChI is InChI=1S/C12H17N3O3/c1-8(2)18-12(16)15(3)10-6-4-5-9(7-10)11(13)14-17/h4-8,17H,1-3H3,(H2,13,14). The summed E-state index contributed by atoms with van der Waals surface area (Å²) in [5, 5.41) is 11.5. The molecule has 0 saturated heterocycles. The van der Waals surface area contributed by atoms with Crippen LogP contribution in [0.1, 0.15) is 19.4 Å². The van der Waals surface area contributed by atoms with E-state index in [4.69, 9.17) is 15.7 Å². The molecule has 6 heteroatoms. The van der Waals surface area contributed by atoms with E-state index >= 15 is 0 Å². The number of amidine groups is 1. The Hall–Kier alpha value is -2.24. The fourth-order valence-electron chi connectivity index (χ4n) is 1.32. The molecule has 0 saturated carbocycles. The molecule has 6 nitrogen and oxygen atoms in total. The van der Waals surface area contributed by atoms with Gasteiger partial charge in [0.05, 0.1) is 6.10 Å². The summed E-state index contributed by atoms with van der Waals surface area (Å²) >= 11 is 0. The lowest BCUT2D eigenvalue weighted by Gasteiger charge is -2.19. The molecule has 0 unspecified atom stereocenters. The molecule has 0 heterocycles. The number of nitrogens with zero attached hydrogens (tertiary/aromatic N) is 2. The third-order valence-corrected chi connectivity index (χ3v) is 2.25. The lowest BCUT2D eigenvalue weighted by Crippen LogP contribution is -2.29. The number of amides is 1. The van der Waals surface area contributed by atoms with E-state index in [0.717, 1.165) is 0 Å². The van der Waals surface area contributed by atoms with Gasteiger partial charge < -0.3 is 15.7 Å². The largest absolute Gasteiger partial charge is 0.446 e. The second-order valence-electron chi connectivity index (χ2n) is 4.03. The molecule has 1 aromatic carbocycles. The first kappa shape index (κ1) is 13.8. The van der Waals surface area contributed by atoms with E-state index in [9.17, 15) is 4.79 Å². The molecule has 0 spiro atoms. The van der Waals surface area contributed by atoms with Crippen LogP contribution in [0.5, 0.6) is 0 Å². The van der Waals surface area contributed by atoms with Crippen molar-refractivity contribution < 1.29 is 14.7 Å². The number of carbonyl (C=O) groups is 1. The average Bonchev–Trinajstić information content (AvgIpc) is 2.36. The first-order valence-corrected chi connectivity index (χ1v) is 5.48. The van der Waals surface area contributed by atoms with Gasteiger partial charge in [0.25, 0.3) is 0 Å². The van der Waals surface area contributed by atoms with E-state index in [1.54, 1.807) is 45.2 Å². The number of carbonyl (C=O) groups excluding carboxylic acids is 1. The topological polar surface area (TPSA) is 88.2 Å². The molecule has 0 aromatic heterocycles. The monoisotopic (exact) mass is 251 g/mol. The number of nitrogens with two attached hydrogens (primary N) is 1. The van der Waals surface area contributed by atoms with Gasteiger partial charge in [-0.15, -0.1) is 0 Å². The highest BCUT2D eigenvalue weighted by atomic mass is 16.6. The summed E-state index contributed by atoms with van der Waals surface area (Å²) in [5.41, 5.74) is 6.61. The Kier molecular flexibility index (Phi) is 4.53. The molecule has 0 atom stereocenters. The van der Waals surface area contributed by atoms with Gasteiger partial charge in [0.2, 0.25) is 0 Å². The predicted octanol–water partition coefficient (Wildman–Crippen LogP) is 1.76. The minimum atomic E-state index is -0.457. The van der Waals surface area contributed by atoms with Crippen LogP contribution in [0.4, 0.5) is 10.5 Å². The highest BCUT2D eigenvalue weighted by Gasteiger charge is 2.14. The molecule has 0 aliphatic carbocycles. The van der Waals surface area contributed by atoms with Gasteiger partial charge in [0.1, 0.15) is 0 Å². The quantitative estimate of drug-likeness (QED) is 0.371. The molecule has 0 radical (unpaired) electrons. The smallest absolute Gasteiger partial charge is 0.414 e. The first-order chi connectivity index (χ1) is 8.45. The van der Waals surface area contributed by atoms with Crippen molar-refractivity contribution in [2.45, 2.75) is 20.0 Å². The zero-order chi connectivity index (χ0) is 13.7. The molecule has 98 valence electrons. The Bertz CT molecular complexity index is 458. The molecule has 0 fully saturated rings. The Balaban J connectivity index is 2.93. The van der Waals surface area contributed by atoms with E-state index in [0.29, 0.717) is 11.3 Å². The Morgan fingerprint density at radius 3 is 2.72 bits per heavy atom. The molecule has 3 N–H and O–H groups in total. The second-order valence-corrected chi connectivity index (χ2v) is 4.03. The molecule has 1 amide bonds. The van der Waals surface area contributed by atoms with Gasteiger partial charge >= 0.3 is 6.09 Å². The summed E-state index contributed by atoms with van der Waals surface area (Å²) in [6.45, 7) is 3.55. The van der Waals surface area contributed by atoms with Crippen LogP contribution in [-0.2, 0) is 4.74 Å². The molecule has 0 aliphatic rings. The second kappa shape index (κ2) is 5.90. The van der Waals surface area contributed by atoms with E-state index in [1.165, 1.54) is 4.90 Å². The number of hydrogen-bond acceptors (Lipinski definition) is 4. The third-order valence-electron chi connectivity index (χ3n) is 2.25. The van der Waals surface area contributed by atoms with Gasteiger partial charge in [0, 0.05) is 18.3 Å². The highest BCUT2D eigenvalue weighted by molar-refractivity contribution is 5.98. The average molecular weight is 251 g/mol. The van der Waals surface area contributed by atoms with Crippen molar-refractivity contribution in [1.82, 2.24) is 0 Å². The number of hydrogen-bond donors (Lipinski definition) is 2. The van der Waals surface area contributed by atoms with Gasteiger partial charge in [0.15, 0.2) is 5.84 Å². The Morgan fingerprint density at radius 2 is 2.17 bits per heavy atom. The molecular formula is C12H17N3O3. The van der Waals surface area contributed by atoms with Crippen molar-refractivity contribution in [1.29, 1.82) is 0 Å². The molecular weight excluding hydrogens is 234 g/mol. The maximum absolute atomic E-state index is 11.7. The zero-order valence-corrected chi connectivity index (χ0v) is 10.6. The van der Waals surface area contributed by atoms with Crippen molar-refractivity contribution in [2.75, 3.05) is 11.9 Å². The number of ether oxygens (including phenoxy) is 1. The van der Waals surface area contributed by atoms with Gasteiger partial charge in [-0.2, -0.15) is 0 Å². The van der Waals surface area contributed by atoms with Gasteiger partial charge in [-0.3, -0.25) is 4.90 Å². The van der Waals surface area contributed by atoms with E-state index in [1.807, 2.05) is 0 Å². The minimum Gasteiger partial charge on any atom is -0.446 e. The molecule has 0 bridgehead atoms. The van der Waals surface area contributed by atoms with Crippen LogP contribution in [0.15, 0.2) is 29.4 Å². The fourth-order valence-corrected chi connectivity index (χ4v) is 1.32. The molecule has 0 aliphatic heterocycles. The lowest BCUT2D eigenvalue weighted by atomic mass is 10.2. The van der Waals surface area contributed by atoms with E-state index in [2.05, 4.69) is 5.16 Å². The van der Waals surface area contributed by atoms with Crippen molar-refractivity contribution >= 4 is 17.6 Å². The maximum Gasteiger partial charge on any atom is 0.414 e. The first-order valence-electron chi connectivity index (χ1n) is 5.48. The normalized spacial score (nSPS) is 11.4. The molecule has 18 heavy (non-hydrogen) atoms. The summed E-state index contributed by atoms with van der Waals surface area (Å²) < 4.78 is 5.07. The van der Waals surface area contributed by atoms with Crippen molar-refractivity contribution in [3.63, 3.8) is 0 Å². The molecule has 1 rings (SSSR count). The van der Waals surface area contributed by atoms with E-state index in [-0.39, 0.29) is 11.9 Å². The van der Waals surface area contributed by atoms with Crippen LogP contribution >= 0.6 is 0 Å². The summed E-state index contributed by atoms with van der Waals surface area (Å²) in [7, 11) is 1.59. The number of rotatable bonds is 3. The SMILES string of the molecule is CC(C)OC(=O)N(C)c1cccc(C(N)=NO)c1. The van der Waals surface area contributed by atoms with Gasteiger partial charge in [-0.1, -0.05) is 17.3 Å². The van der Waals surface area contributed by atoms with Crippen LogP contribution in [-0.4, -0.2) is 30.3 Å².